The standard InChI is InChI=1S/C18H25N5O3.2ClH/c1-18(2,19)11-20-17(25)14-9-23(7-8-26-14)10-15-21-13-6-4-3-5-12(13)16(24)22-15;;/h3-6,14H,7-11,19H2,1-2H3,(H,20,25)(H,21,22,24);2*1H. The van der Waals surface area contributed by atoms with Gasteiger partial charge in [-0.1, -0.05) is 12.1 Å². The highest BCUT2D eigenvalue weighted by molar-refractivity contribution is 5.85. The van der Waals surface area contributed by atoms with Crippen LogP contribution in [0.2, 0.25) is 0 Å². The number of ether oxygens (including phenoxy) is 1. The SMILES string of the molecule is CC(C)(N)CNC(=O)C1CN(Cc2nc3ccccc3c(=O)[nH]2)CCO1.Cl.Cl. The van der Waals surface area contributed by atoms with E-state index in [-0.39, 0.29) is 36.3 Å². The molecule has 1 unspecified atom stereocenters. The van der Waals surface area contributed by atoms with Gasteiger partial charge in [-0.05, 0) is 26.0 Å². The first-order valence-electron chi connectivity index (χ1n) is 8.70. The molecule has 28 heavy (non-hydrogen) atoms. The molecule has 0 aliphatic carbocycles. The van der Waals surface area contributed by atoms with Gasteiger partial charge in [0.05, 0.1) is 24.1 Å². The van der Waals surface area contributed by atoms with Gasteiger partial charge < -0.3 is 20.8 Å². The highest BCUT2D eigenvalue weighted by Gasteiger charge is 2.27. The summed E-state index contributed by atoms with van der Waals surface area (Å²) >= 11 is 0. The highest BCUT2D eigenvalue weighted by Crippen LogP contribution is 2.11. The molecule has 0 bridgehead atoms. The van der Waals surface area contributed by atoms with Crippen LogP contribution in [0.5, 0.6) is 0 Å². The zero-order valence-electron chi connectivity index (χ0n) is 15.9. The Morgan fingerprint density at radius 3 is 2.82 bits per heavy atom. The predicted molar refractivity (Wildman–Crippen MR) is 113 cm³/mol. The molecule has 1 amide bonds. The number of fused-ring (bicyclic) bond motifs is 1. The fourth-order valence-electron chi connectivity index (χ4n) is 2.86. The van der Waals surface area contributed by atoms with Crippen LogP contribution >= 0.6 is 24.8 Å². The third kappa shape index (κ3) is 6.42. The topological polar surface area (TPSA) is 113 Å². The molecule has 2 heterocycles. The maximum absolute atomic E-state index is 12.3. The monoisotopic (exact) mass is 431 g/mol. The van der Waals surface area contributed by atoms with Gasteiger partial charge in [-0.25, -0.2) is 4.98 Å². The van der Waals surface area contributed by atoms with Crippen molar-refractivity contribution in [3.63, 3.8) is 0 Å². The fourth-order valence-corrected chi connectivity index (χ4v) is 2.86. The molecule has 4 N–H and O–H groups in total. The smallest absolute Gasteiger partial charge is 0.258 e. The Kier molecular flexibility index (Phi) is 8.84. The lowest BCUT2D eigenvalue weighted by atomic mass is 10.1. The summed E-state index contributed by atoms with van der Waals surface area (Å²) in [6.07, 6.45) is -0.557. The van der Waals surface area contributed by atoms with Gasteiger partial charge in [-0.15, -0.1) is 24.8 Å². The molecule has 156 valence electrons. The van der Waals surface area contributed by atoms with Crippen molar-refractivity contribution in [3.8, 4) is 0 Å². The van der Waals surface area contributed by atoms with Crippen LogP contribution in [0.4, 0.5) is 0 Å². The molecule has 1 aromatic heterocycles. The van der Waals surface area contributed by atoms with E-state index in [0.717, 1.165) is 0 Å². The summed E-state index contributed by atoms with van der Waals surface area (Å²) in [4.78, 5) is 33.8. The molecule has 1 saturated heterocycles. The summed E-state index contributed by atoms with van der Waals surface area (Å²) in [6.45, 7) is 6.09. The number of halogens is 2. The number of carbonyl (C=O) groups is 1. The van der Waals surface area contributed by atoms with Crippen molar-refractivity contribution < 1.29 is 9.53 Å². The maximum Gasteiger partial charge on any atom is 0.258 e. The van der Waals surface area contributed by atoms with Gasteiger partial charge in [0.25, 0.3) is 11.5 Å². The van der Waals surface area contributed by atoms with Crippen LogP contribution in [0, 0.1) is 0 Å². The molecule has 3 rings (SSSR count). The number of nitrogens with two attached hydrogens (primary N) is 1. The van der Waals surface area contributed by atoms with E-state index in [1.807, 2.05) is 36.9 Å². The largest absolute Gasteiger partial charge is 0.366 e. The van der Waals surface area contributed by atoms with Crippen LogP contribution < -0.4 is 16.6 Å². The van der Waals surface area contributed by atoms with Crippen molar-refractivity contribution in [2.75, 3.05) is 26.2 Å². The van der Waals surface area contributed by atoms with Gasteiger partial charge in [0.1, 0.15) is 11.9 Å². The Labute approximate surface area is 176 Å². The quantitative estimate of drug-likeness (QED) is 0.645. The van der Waals surface area contributed by atoms with E-state index in [2.05, 4.69) is 15.3 Å². The fraction of sp³-hybridized carbons (Fsp3) is 0.500. The van der Waals surface area contributed by atoms with Gasteiger partial charge in [-0.2, -0.15) is 0 Å². The molecule has 1 fully saturated rings. The molecule has 0 radical (unpaired) electrons. The normalized spacial score (nSPS) is 17.5. The molecule has 0 spiro atoms. The van der Waals surface area contributed by atoms with Crippen molar-refractivity contribution in [2.45, 2.75) is 32.0 Å². The van der Waals surface area contributed by atoms with E-state index in [1.54, 1.807) is 6.07 Å². The molecule has 2 aromatic rings. The van der Waals surface area contributed by atoms with E-state index >= 15 is 0 Å². The van der Waals surface area contributed by atoms with E-state index in [0.29, 0.717) is 49.5 Å². The molecule has 8 nitrogen and oxygen atoms in total. The van der Waals surface area contributed by atoms with E-state index < -0.39 is 11.6 Å². The molecule has 1 aliphatic rings. The van der Waals surface area contributed by atoms with Crippen LogP contribution in [-0.2, 0) is 16.1 Å². The minimum absolute atomic E-state index is 0. The van der Waals surface area contributed by atoms with E-state index in [4.69, 9.17) is 10.5 Å². The number of aromatic amines is 1. The number of nitrogens with one attached hydrogen (secondary N) is 2. The molecule has 1 atom stereocenters. The van der Waals surface area contributed by atoms with Crippen molar-refractivity contribution >= 4 is 41.6 Å². The van der Waals surface area contributed by atoms with Crippen LogP contribution in [0.1, 0.15) is 19.7 Å². The molecular formula is C18H27Cl2N5O3. The minimum atomic E-state index is -0.557. The van der Waals surface area contributed by atoms with Crippen molar-refractivity contribution in [1.82, 2.24) is 20.2 Å². The van der Waals surface area contributed by atoms with Crippen LogP contribution in [-0.4, -0.2) is 58.7 Å². The van der Waals surface area contributed by atoms with E-state index in [9.17, 15) is 9.59 Å². The van der Waals surface area contributed by atoms with Crippen molar-refractivity contribution in [1.29, 1.82) is 0 Å². The number of carbonyl (C=O) groups excluding carboxylic acids is 1. The van der Waals surface area contributed by atoms with Gasteiger partial charge >= 0.3 is 0 Å². The first kappa shape index (κ1) is 24.3. The summed E-state index contributed by atoms with van der Waals surface area (Å²) in [5, 5.41) is 3.39. The second-order valence-corrected chi connectivity index (χ2v) is 7.33. The van der Waals surface area contributed by atoms with Crippen LogP contribution in [0.15, 0.2) is 29.1 Å². The summed E-state index contributed by atoms with van der Waals surface area (Å²) in [7, 11) is 0. The maximum atomic E-state index is 12.3. The van der Waals surface area contributed by atoms with E-state index in [1.165, 1.54) is 0 Å². The lowest BCUT2D eigenvalue weighted by Gasteiger charge is -2.32. The average Bonchev–Trinajstić information content (AvgIpc) is 2.59. The molecule has 1 aromatic carbocycles. The Balaban J connectivity index is 0.00000196. The number of rotatable bonds is 5. The number of morpholine rings is 1. The third-order valence-corrected chi connectivity index (χ3v) is 4.20. The minimum Gasteiger partial charge on any atom is -0.366 e. The number of hydrogen-bond acceptors (Lipinski definition) is 6. The zero-order chi connectivity index (χ0) is 18.7. The van der Waals surface area contributed by atoms with Gasteiger partial charge in [0.2, 0.25) is 0 Å². The Morgan fingerprint density at radius 2 is 2.11 bits per heavy atom. The molecular weight excluding hydrogens is 405 g/mol. The summed E-state index contributed by atoms with van der Waals surface area (Å²) in [5.41, 5.74) is 5.93. The second kappa shape index (κ2) is 10.2. The van der Waals surface area contributed by atoms with Crippen LogP contribution in [0.25, 0.3) is 10.9 Å². The molecule has 10 heteroatoms. The Bertz CT molecular complexity index is 853. The number of H-pyrrole nitrogens is 1. The third-order valence-electron chi connectivity index (χ3n) is 4.20. The lowest BCUT2D eigenvalue weighted by Crippen LogP contribution is -2.53. The first-order valence-corrected chi connectivity index (χ1v) is 8.70. The number of nitrogens with zero attached hydrogens (tertiary/aromatic N) is 2. The lowest BCUT2D eigenvalue weighted by molar-refractivity contribution is -0.139. The number of aromatic nitrogens is 2. The molecule has 0 saturated carbocycles. The summed E-state index contributed by atoms with van der Waals surface area (Å²) in [6, 6.07) is 7.23. The number of benzene rings is 1. The first-order chi connectivity index (χ1) is 12.3. The number of amides is 1. The average molecular weight is 432 g/mol. The molecule has 1 aliphatic heterocycles. The Hall–Kier alpha value is -1.71. The summed E-state index contributed by atoms with van der Waals surface area (Å²) < 4.78 is 5.58. The number of para-hydroxylation sites is 1. The summed E-state index contributed by atoms with van der Waals surface area (Å²) in [5.74, 6) is 0.408. The predicted octanol–water partition coefficient (Wildman–Crippen LogP) is 0.821. The van der Waals surface area contributed by atoms with Crippen LogP contribution in [0.3, 0.4) is 0 Å². The number of hydrogen-bond donors (Lipinski definition) is 3. The zero-order valence-corrected chi connectivity index (χ0v) is 17.6. The van der Waals surface area contributed by atoms with Gasteiger partial charge in [0.15, 0.2) is 0 Å². The highest BCUT2D eigenvalue weighted by atomic mass is 35.5. The van der Waals surface area contributed by atoms with Crippen molar-refractivity contribution in [2.24, 2.45) is 5.73 Å². The van der Waals surface area contributed by atoms with Crippen molar-refractivity contribution in [3.05, 3.63) is 40.4 Å². The second-order valence-electron chi connectivity index (χ2n) is 7.33. The van der Waals surface area contributed by atoms with Gasteiger partial charge in [0, 0.05) is 25.2 Å². The van der Waals surface area contributed by atoms with Gasteiger partial charge in [-0.3, -0.25) is 14.5 Å². The Morgan fingerprint density at radius 1 is 1.39 bits per heavy atom.